The second-order valence-corrected chi connectivity index (χ2v) is 5.05. The summed E-state index contributed by atoms with van der Waals surface area (Å²) in [6.07, 6.45) is 3.07. The monoisotopic (exact) mass is 287 g/mol. The van der Waals surface area contributed by atoms with E-state index < -0.39 is 0 Å². The van der Waals surface area contributed by atoms with Crippen molar-refractivity contribution in [2.75, 3.05) is 13.2 Å². The molecular weight excluding hydrogens is 266 g/mol. The van der Waals surface area contributed by atoms with E-state index in [4.69, 9.17) is 9.84 Å². The van der Waals surface area contributed by atoms with E-state index in [9.17, 15) is 4.79 Å². The minimum atomic E-state index is -0.300. The second-order valence-electron chi connectivity index (χ2n) is 5.05. The van der Waals surface area contributed by atoms with Gasteiger partial charge in [0.2, 0.25) is 5.91 Å². The Kier molecular flexibility index (Phi) is 6.26. The highest BCUT2D eigenvalue weighted by Crippen LogP contribution is 2.13. The average Bonchev–Trinajstić information content (AvgIpc) is 2.54. The van der Waals surface area contributed by atoms with Crippen molar-refractivity contribution in [3.8, 4) is 11.8 Å². The third-order valence-corrected chi connectivity index (χ3v) is 3.34. The molecular formula is C17H21NO3. The first-order valence-electron chi connectivity index (χ1n) is 7.37. The number of aliphatic hydroxyl groups excluding tert-OH is 1. The molecule has 1 unspecified atom stereocenters. The normalized spacial score (nSPS) is 17.7. The van der Waals surface area contributed by atoms with Crippen molar-refractivity contribution in [3.63, 3.8) is 0 Å². The fourth-order valence-electron chi connectivity index (χ4n) is 2.23. The van der Waals surface area contributed by atoms with Crippen LogP contribution in [0.15, 0.2) is 24.3 Å². The zero-order valence-electron chi connectivity index (χ0n) is 12.1. The molecule has 1 saturated heterocycles. The van der Waals surface area contributed by atoms with Crippen LogP contribution in [-0.2, 0) is 16.1 Å². The van der Waals surface area contributed by atoms with Gasteiger partial charge in [-0.15, -0.1) is 0 Å². The fourth-order valence-corrected chi connectivity index (χ4v) is 2.23. The second kappa shape index (κ2) is 8.46. The van der Waals surface area contributed by atoms with Crippen LogP contribution in [0.25, 0.3) is 0 Å². The molecule has 112 valence electrons. The Labute approximate surface area is 125 Å². The SMILES string of the molecule is O=C(NCc1cccc(C#CCCO)c1)C1CCCCO1. The predicted octanol–water partition coefficient (Wildman–Crippen LogP) is 1.61. The van der Waals surface area contributed by atoms with Crippen molar-refractivity contribution >= 4 is 5.91 Å². The molecule has 4 heteroatoms. The Morgan fingerprint density at radius 3 is 3.10 bits per heavy atom. The predicted molar refractivity (Wildman–Crippen MR) is 80.5 cm³/mol. The van der Waals surface area contributed by atoms with Gasteiger partial charge in [0.25, 0.3) is 0 Å². The summed E-state index contributed by atoms with van der Waals surface area (Å²) in [5.41, 5.74) is 1.90. The number of rotatable bonds is 4. The molecule has 0 aromatic heterocycles. The minimum Gasteiger partial charge on any atom is -0.395 e. The number of ether oxygens (including phenoxy) is 1. The summed E-state index contributed by atoms with van der Waals surface area (Å²) >= 11 is 0. The van der Waals surface area contributed by atoms with Crippen LogP contribution in [0.4, 0.5) is 0 Å². The molecule has 4 nitrogen and oxygen atoms in total. The van der Waals surface area contributed by atoms with E-state index in [0.29, 0.717) is 19.6 Å². The fraction of sp³-hybridized carbons (Fsp3) is 0.471. The molecule has 0 aliphatic carbocycles. The summed E-state index contributed by atoms with van der Waals surface area (Å²) in [5, 5.41) is 11.6. The van der Waals surface area contributed by atoms with Gasteiger partial charge in [-0.3, -0.25) is 4.79 Å². The molecule has 1 fully saturated rings. The van der Waals surface area contributed by atoms with Crippen molar-refractivity contribution < 1.29 is 14.6 Å². The zero-order valence-corrected chi connectivity index (χ0v) is 12.1. The van der Waals surface area contributed by atoms with Crippen molar-refractivity contribution in [2.45, 2.75) is 38.3 Å². The van der Waals surface area contributed by atoms with E-state index in [1.54, 1.807) is 0 Å². The minimum absolute atomic E-state index is 0.0357. The van der Waals surface area contributed by atoms with Gasteiger partial charge in [0, 0.05) is 25.1 Å². The molecule has 0 spiro atoms. The standard InChI is InChI=1S/C17H21NO3/c19-10-3-1-6-14-7-5-8-15(12-14)13-18-17(20)16-9-2-4-11-21-16/h5,7-8,12,16,19H,2-4,9-11,13H2,(H,18,20). The van der Waals surface area contributed by atoms with Gasteiger partial charge >= 0.3 is 0 Å². The van der Waals surface area contributed by atoms with Crippen molar-refractivity contribution in [1.82, 2.24) is 5.32 Å². The lowest BCUT2D eigenvalue weighted by molar-refractivity contribution is -0.135. The van der Waals surface area contributed by atoms with E-state index in [1.165, 1.54) is 0 Å². The van der Waals surface area contributed by atoms with Gasteiger partial charge in [0.1, 0.15) is 6.10 Å². The molecule has 1 atom stereocenters. The van der Waals surface area contributed by atoms with Crippen molar-refractivity contribution in [2.24, 2.45) is 0 Å². The zero-order chi connectivity index (χ0) is 14.9. The largest absolute Gasteiger partial charge is 0.395 e. The Morgan fingerprint density at radius 1 is 1.43 bits per heavy atom. The molecule has 1 amide bonds. The van der Waals surface area contributed by atoms with Gasteiger partial charge in [-0.1, -0.05) is 24.0 Å². The Hall–Kier alpha value is -1.83. The summed E-state index contributed by atoms with van der Waals surface area (Å²) in [7, 11) is 0. The van der Waals surface area contributed by atoms with Gasteiger partial charge < -0.3 is 15.2 Å². The van der Waals surface area contributed by atoms with Crippen LogP contribution in [0.3, 0.4) is 0 Å². The highest BCUT2D eigenvalue weighted by Gasteiger charge is 2.21. The van der Waals surface area contributed by atoms with Crippen molar-refractivity contribution in [1.29, 1.82) is 0 Å². The first-order chi connectivity index (χ1) is 10.3. The van der Waals surface area contributed by atoms with E-state index in [1.807, 2.05) is 24.3 Å². The quantitative estimate of drug-likeness (QED) is 0.827. The van der Waals surface area contributed by atoms with E-state index in [0.717, 1.165) is 30.4 Å². The van der Waals surface area contributed by atoms with Gasteiger partial charge in [-0.2, -0.15) is 0 Å². The first kappa shape index (κ1) is 15.6. The Morgan fingerprint density at radius 2 is 2.33 bits per heavy atom. The first-order valence-corrected chi connectivity index (χ1v) is 7.37. The number of carbonyl (C=O) groups is 1. The molecule has 0 bridgehead atoms. The lowest BCUT2D eigenvalue weighted by Crippen LogP contribution is -2.37. The number of hydrogen-bond donors (Lipinski definition) is 2. The van der Waals surface area contributed by atoms with Crippen LogP contribution in [-0.4, -0.2) is 30.3 Å². The molecule has 1 aliphatic heterocycles. The number of benzene rings is 1. The third-order valence-electron chi connectivity index (χ3n) is 3.34. The maximum absolute atomic E-state index is 12.0. The highest BCUT2D eigenvalue weighted by molar-refractivity contribution is 5.80. The summed E-state index contributed by atoms with van der Waals surface area (Å²) < 4.78 is 5.46. The molecule has 1 aromatic carbocycles. The topological polar surface area (TPSA) is 58.6 Å². The van der Waals surface area contributed by atoms with Gasteiger partial charge in [-0.25, -0.2) is 0 Å². The lowest BCUT2D eigenvalue weighted by Gasteiger charge is -2.21. The van der Waals surface area contributed by atoms with Crippen LogP contribution < -0.4 is 5.32 Å². The molecule has 0 radical (unpaired) electrons. The van der Waals surface area contributed by atoms with Crippen LogP contribution in [0.2, 0.25) is 0 Å². The van der Waals surface area contributed by atoms with Crippen molar-refractivity contribution in [3.05, 3.63) is 35.4 Å². The molecule has 0 saturated carbocycles. The maximum Gasteiger partial charge on any atom is 0.249 e. The Bertz CT molecular complexity index is 524. The molecule has 1 aliphatic rings. The van der Waals surface area contributed by atoms with E-state index in [-0.39, 0.29) is 18.6 Å². The molecule has 1 heterocycles. The smallest absolute Gasteiger partial charge is 0.249 e. The summed E-state index contributed by atoms with van der Waals surface area (Å²) in [6.45, 7) is 1.23. The summed E-state index contributed by atoms with van der Waals surface area (Å²) in [6, 6.07) is 7.74. The molecule has 2 N–H and O–H groups in total. The number of amides is 1. The molecule has 1 aromatic rings. The van der Waals surface area contributed by atoms with Crippen LogP contribution in [0.1, 0.15) is 36.8 Å². The maximum atomic E-state index is 12.0. The third kappa shape index (κ3) is 5.22. The van der Waals surface area contributed by atoms with Crippen LogP contribution in [0.5, 0.6) is 0 Å². The average molecular weight is 287 g/mol. The summed E-state index contributed by atoms with van der Waals surface area (Å²) in [4.78, 5) is 12.0. The number of hydrogen-bond acceptors (Lipinski definition) is 3. The summed E-state index contributed by atoms with van der Waals surface area (Å²) in [5.74, 6) is 5.84. The molecule has 2 rings (SSSR count). The van der Waals surface area contributed by atoms with E-state index in [2.05, 4.69) is 17.2 Å². The van der Waals surface area contributed by atoms with E-state index >= 15 is 0 Å². The highest BCUT2D eigenvalue weighted by atomic mass is 16.5. The van der Waals surface area contributed by atoms with Crippen LogP contribution >= 0.6 is 0 Å². The van der Waals surface area contributed by atoms with Gasteiger partial charge in [0.15, 0.2) is 0 Å². The molecule has 21 heavy (non-hydrogen) atoms. The number of carbonyl (C=O) groups excluding carboxylic acids is 1. The van der Waals surface area contributed by atoms with Gasteiger partial charge in [-0.05, 0) is 37.0 Å². The van der Waals surface area contributed by atoms with Gasteiger partial charge in [0.05, 0.1) is 6.61 Å². The number of aliphatic hydroxyl groups is 1. The Balaban J connectivity index is 1.86. The lowest BCUT2D eigenvalue weighted by atomic mass is 10.1. The number of nitrogens with one attached hydrogen (secondary N) is 1. The van der Waals surface area contributed by atoms with Crippen LogP contribution in [0, 0.1) is 11.8 Å².